The van der Waals surface area contributed by atoms with Gasteiger partial charge in [0.15, 0.2) is 6.61 Å². The van der Waals surface area contributed by atoms with Gasteiger partial charge in [-0.3, -0.25) is 9.59 Å². The van der Waals surface area contributed by atoms with Crippen LogP contribution in [0, 0.1) is 11.7 Å². The maximum Gasteiger partial charge on any atom is 0.260 e. The van der Waals surface area contributed by atoms with Gasteiger partial charge in [0, 0.05) is 37.9 Å². The van der Waals surface area contributed by atoms with Gasteiger partial charge < -0.3 is 20.1 Å². The van der Waals surface area contributed by atoms with Gasteiger partial charge in [-0.15, -0.1) is 0 Å². The molecule has 1 heterocycles. The van der Waals surface area contributed by atoms with Gasteiger partial charge in [-0.05, 0) is 24.3 Å². The van der Waals surface area contributed by atoms with Crippen LogP contribution in [0.25, 0.3) is 0 Å². The average Bonchev–Trinajstić information content (AvgIpc) is 2.68. The van der Waals surface area contributed by atoms with Crippen molar-refractivity contribution >= 4 is 11.8 Å². The summed E-state index contributed by atoms with van der Waals surface area (Å²) in [7, 11) is 0. The van der Waals surface area contributed by atoms with E-state index >= 15 is 0 Å². The molecule has 2 N–H and O–H groups in total. The third kappa shape index (κ3) is 5.45. The van der Waals surface area contributed by atoms with Crippen molar-refractivity contribution in [1.82, 2.24) is 4.90 Å². The fraction of sp³-hybridized carbons (Fsp3) is 0.333. The van der Waals surface area contributed by atoms with Gasteiger partial charge in [0.1, 0.15) is 23.4 Å². The van der Waals surface area contributed by atoms with Crippen molar-refractivity contribution in [2.45, 2.75) is 18.9 Å². The Morgan fingerprint density at radius 1 is 1.11 bits per heavy atom. The van der Waals surface area contributed by atoms with Gasteiger partial charge in [-0.1, -0.05) is 24.3 Å². The SMILES string of the molecule is NC(=O)C[C@H]1CN(C(=O)COc2cccc(F)c2)CC[C@@H]1Oc1ccccc1. The lowest BCUT2D eigenvalue weighted by Crippen LogP contribution is -2.50. The Morgan fingerprint density at radius 3 is 2.57 bits per heavy atom. The van der Waals surface area contributed by atoms with Gasteiger partial charge in [0.05, 0.1) is 0 Å². The Kier molecular flexibility index (Phi) is 6.47. The van der Waals surface area contributed by atoms with Crippen LogP contribution in [-0.4, -0.2) is 42.5 Å². The van der Waals surface area contributed by atoms with Crippen LogP contribution in [0.3, 0.4) is 0 Å². The molecule has 6 nitrogen and oxygen atoms in total. The van der Waals surface area contributed by atoms with Gasteiger partial charge in [-0.2, -0.15) is 0 Å². The molecule has 3 rings (SSSR count). The normalized spacial score (nSPS) is 19.1. The van der Waals surface area contributed by atoms with Gasteiger partial charge in [-0.25, -0.2) is 4.39 Å². The third-order valence-electron chi connectivity index (χ3n) is 4.67. The Morgan fingerprint density at radius 2 is 1.86 bits per heavy atom. The van der Waals surface area contributed by atoms with Gasteiger partial charge in [0.2, 0.25) is 5.91 Å². The van der Waals surface area contributed by atoms with E-state index in [2.05, 4.69) is 0 Å². The highest BCUT2D eigenvalue weighted by Gasteiger charge is 2.34. The summed E-state index contributed by atoms with van der Waals surface area (Å²) >= 11 is 0. The van der Waals surface area contributed by atoms with E-state index < -0.39 is 11.7 Å². The Hall–Kier alpha value is -3.09. The fourth-order valence-corrected chi connectivity index (χ4v) is 3.31. The maximum atomic E-state index is 13.2. The average molecular weight is 386 g/mol. The molecule has 0 saturated carbocycles. The molecule has 1 aliphatic heterocycles. The Labute approximate surface area is 163 Å². The van der Waals surface area contributed by atoms with E-state index in [9.17, 15) is 14.0 Å². The first-order valence-electron chi connectivity index (χ1n) is 9.17. The number of piperidine rings is 1. The number of hydrogen-bond donors (Lipinski definition) is 1. The smallest absolute Gasteiger partial charge is 0.260 e. The Balaban J connectivity index is 1.59. The number of amides is 2. The number of likely N-dealkylation sites (tertiary alicyclic amines) is 1. The van der Waals surface area contributed by atoms with Crippen molar-refractivity contribution in [2.75, 3.05) is 19.7 Å². The number of rotatable bonds is 7. The lowest BCUT2D eigenvalue weighted by Gasteiger charge is -2.38. The Bertz CT molecular complexity index is 815. The molecule has 148 valence electrons. The molecule has 0 unspecified atom stereocenters. The first-order valence-corrected chi connectivity index (χ1v) is 9.17. The van der Waals surface area contributed by atoms with Crippen LogP contribution in [0.4, 0.5) is 4.39 Å². The molecule has 28 heavy (non-hydrogen) atoms. The molecule has 0 aromatic heterocycles. The summed E-state index contributed by atoms with van der Waals surface area (Å²) in [6, 6.07) is 15.0. The zero-order valence-electron chi connectivity index (χ0n) is 15.4. The summed E-state index contributed by atoms with van der Waals surface area (Å²) in [4.78, 5) is 25.6. The number of halogens is 1. The standard InChI is InChI=1S/C21H23FN2O4/c22-16-5-4-8-18(12-16)27-14-21(26)24-10-9-19(15(13-24)11-20(23)25)28-17-6-2-1-3-7-17/h1-8,12,15,19H,9-11,13-14H2,(H2,23,25)/t15-,19-/m0/s1. The number of para-hydroxylation sites is 1. The third-order valence-corrected chi connectivity index (χ3v) is 4.67. The van der Waals surface area contributed by atoms with Crippen molar-refractivity contribution in [3.05, 3.63) is 60.4 Å². The second kappa shape index (κ2) is 9.21. The summed E-state index contributed by atoms with van der Waals surface area (Å²) in [5.41, 5.74) is 5.39. The van der Waals surface area contributed by atoms with E-state index in [4.69, 9.17) is 15.2 Å². The summed E-state index contributed by atoms with van der Waals surface area (Å²) < 4.78 is 24.6. The summed E-state index contributed by atoms with van der Waals surface area (Å²) in [6.07, 6.45) is 0.507. The van der Waals surface area contributed by atoms with Crippen LogP contribution in [0.5, 0.6) is 11.5 Å². The number of primary amides is 1. The minimum atomic E-state index is -0.433. The molecule has 2 aromatic rings. The van der Waals surface area contributed by atoms with E-state index in [-0.39, 0.29) is 31.0 Å². The molecule has 1 aliphatic rings. The van der Waals surface area contributed by atoms with E-state index in [1.165, 1.54) is 18.2 Å². The molecule has 2 atom stereocenters. The quantitative estimate of drug-likeness (QED) is 0.792. The largest absolute Gasteiger partial charge is 0.490 e. The van der Waals surface area contributed by atoms with E-state index in [0.29, 0.717) is 25.3 Å². The lowest BCUT2D eigenvalue weighted by atomic mass is 9.91. The maximum absolute atomic E-state index is 13.2. The monoisotopic (exact) mass is 386 g/mol. The van der Waals surface area contributed by atoms with Crippen LogP contribution in [-0.2, 0) is 9.59 Å². The number of nitrogens with two attached hydrogens (primary N) is 1. The topological polar surface area (TPSA) is 81.9 Å². The van der Waals surface area contributed by atoms with Crippen LogP contribution in [0.1, 0.15) is 12.8 Å². The molecular weight excluding hydrogens is 363 g/mol. The second-order valence-electron chi connectivity index (χ2n) is 6.77. The number of nitrogens with zero attached hydrogens (tertiary/aromatic N) is 1. The van der Waals surface area contributed by atoms with Crippen molar-refractivity contribution in [3.8, 4) is 11.5 Å². The fourth-order valence-electron chi connectivity index (χ4n) is 3.31. The molecule has 1 fully saturated rings. The van der Waals surface area contributed by atoms with E-state index in [1.54, 1.807) is 11.0 Å². The zero-order valence-corrected chi connectivity index (χ0v) is 15.4. The van der Waals surface area contributed by atoms with Crippen LogP contribution in [0.15, 0.2) is 54.6 Å². The van der Waals surface area contributed by atoms with Crippen LogP contribution in [0.2, 0.25) is 0 Å². The minimum absolute atomic E-state index is 0.131. The number of carbonyl (C=O) groups excluding carboxylic acids is 2. The molecule has 2 amide bonds. The second-order valence-corrected chi connectivity index (χ2v) is 6.77. The highest BCUT2D eigenvalue weighted by molar-refractivity contribution is 5.78. The van der Waals surface area contributed by atoms with Crippen LogP contribution < -0.4 is 15.2 Å². The van der Waals surface area contributed by atoms with Crippen LogP contribution >= 0.6 is 0 Å². The first kappa shape index (κ1) is 19.7. The molecule has 0 spiro atoms. The highest BCUT2D eigenvalue weighted by atomic mass is 19.1. The van der Waals surface area contributed by atoms with Gasteiger partial charge >= 0.3 is 0 Å². The number of ether oxygens (including phenoxy) is 2. The van der Waals surface area contributed by atoms with Crippen molar-refractivity contribution in [3.63, 3.8) is 0 Å². The summed E-state index contributed by atoms with van der Waals surface area (Å²) in [6.45, 7) is 0.640. The highest BCUT2D eigenvalue weighted by Crippen LogP contribution is 2.25. The molecule has 0 bridgehead atoms. The van der Waals surface area contributed by atoms with Crippen molar-refractivity contribution < 1.29 is 23.5 Å². The lowest BCUT2D eigenvalue weighted by molar-refractivity contribution is -0.138. The van der Waals surface area contributed by atoms with Crippen molar-refractivity contribution in [2.24, 2.45) is 11.7 Å². The number of carbonyl (C=O) groups is 2. The minimum Gasteiger partial charge on any atom is -0.490 e. The van der Waals surface area contributed by atoms with Crippen molar-refractivity contribution in [1.29, 1.82) is 0 Å². The number of hydrogen-bond acceptors (Lipinski definition) is 4. The molecule has 2 aromatic carbocycles. The molecule has 0 radical (unpaired) electrons. The zero-order chi connectivity index (χ0) is 19.9. The van der Waals surface area contributed by atoms with E-state index in [1.807, 2.05) is 30.3 Å². The van der Waals surface area contributed by atoms with Gasteiger partial charge in [0.25, 0.3) is 5.91 Å². The number of benzene rings is 2. The summed E-state index contributed by atoms with van der Waals surface area (Å²) in [5.74, 6) is -0.274. The molecule has 7 heteroatoms. The predicted molar refractivity (Wildman–Crippen MR) is 101 cm³/mol. The first-order chi connectivity index (χ1) is 13.5. The molecular formula is C21H23FN2O4. The molecule has 1 saturated heterocycles. The molecule has 0 aliphatic carbocycles. The van der Waals surface area contributed by atoms with E-state index in [0.717, 1.165) is 5.75 Å². The summed E-state index contributed by atoms with van der Waals surface area (Å²) in [5, 5.41) is 0. The predicted octanol–water partition coefficient (Wildman–Crippen LogP) is 2.38.